The second kappa shape index (κ2) is 9.79. The van der Waals surface area contributed by atoms with Gasteiger partial charge in [0, 0.05) is 61.5 Å². The average molecular weight is 474 g/mol. The molecule has 3 aromatic rings. The largest absolute Gasteiger partial charge is 0.482 e. The Morgan fingerprint density at radius 1 is 1.00 bits per heavy atom. The van der Waals surface area contributed by atoms with E-state index in [4.69, 9.17) is 4.74 Å². The van der Waals surface area contributed by atoms with Gasteiger partial charge in [0.25, 0.3) is 5.91 Å². The van der Waals surface area contributed by atoms with Crippen LogP contribution >= 0.6 is 0 Å². The molecule has 9 heteroatoms. The monoisotopic (exact) mass is 473 g/mol. The van der Waals surface area contributed by atoms with Gasteiger partial charge < -0.3 is 30.1 Å². The lowest BCUT2D eigenvalue weighted by molar-refractivity contribution is -0.121. The van der Waals surface area contributed by atoms with E-state index in [1.54, 1.807) is 11.1 Å². The van der Waals surface area contributed by atoms with Gasteiger partial charge >= 0.3 is 0 Å². The molecular formula is C26H31N7O2. The van der Waals surface area contributed by atoms with Gasteiger partial charge in [-0.2, -0.15) is 4.98 Å². The van der Waals surface area contributed by atoms with Crippen molar-refractivity contribution in [3.63, 3.8) is 0 Å². The smallest absolute Gasteiger partial charge is 0.265 e. The minimum atomic E-state index is -0.0412. The molecule has 2 N–H and O–H groups in total. The van der Waals surface area contributed by atoms with Gasteiger partial charge in [0.05, 0.1) is 5.69 Å². The summed E-state index contributed by atoms with van der Waals surface area (Å²) in [4.78, 5) is 27.8. The van der Waals surface area contributed by atoms with E-state index in [9.17, 15) is 4.79 Å². The van der Waals surface area contributed by atoms with Crippen molar-refractivity contribution in [2.45, 2.75) is 13.8 Å². The lowest BCUT2D eigenvalue weighted by Crippen LogP contribution is -2.44. The first-order valence-corrected chi connectivity index (χ1v) is 12.0. The first-order chi connectivity index (χ1) is 17.0. The van der Waals surface area contributed by atoms with Gasteiger partial charge in [-0.25, -0.2) is 4.98 Å². The zero-order chi connectivity index (χ0) is 24.4. The third kappa shape index (κ3) is 5.00. The second-order valence-corrected chi connectivity index (χ2v) is 8.92. The molecule has 3 heterocycles. The standard InChI is InChI=1S/C26H31N7O2/c1-4-33-22-15-20(7-10-23(22)35-17-24(33)34)28-25-18(2)16-27-26(30-25)29-19-5-8-21(9-6-19)32-13-11-31(3)12-14-32/h5-10,15-16H,4,11-14,17H2,1-3H3,(H2,27,28,29,30). The third-order valence-electron chi connectivity index (χ3n) is 6.44. The fraction of sp³-hybridized carbons (Fsp3) is 0.346. The summed E-state index contributed by atoms with van der Waals surface area (Å²) in [5.41, 5.74) is 4.66. The molecule has 182 valence electrons. The van der Waals surface area contributed by atoms with Crippen LogP contribution in [0.1, 0.15) is 12.5 Å². The highest BCUT2D eigenvalue weighted by Gasteiger charge is 2.24. The third-order valence-corrected chi connectivity index (χ3v) is 6.44. The van der Waals surface area contributed by atoms with Crippen molar-refractivity contribution in [3.8, 4) is 5.75 Å². The summed E-state index contributed by atoms with van der Waals surface area (Å²) in [6.07, 6.45) is 1.79. The summed E-state index contributed by atoms with van der Waals surface area (Å²) in [6.45, 7) is 8.82. The maximum atomic E-state index is 12.2. The molecule has 1 amide bonds. The number of rotatable bonds is 6. The van der Waals surface area contributed by atoms with Crippen molar-refractivity contribution in [2.24, 2.45) is 0 Å². The molecule has 0 radical (unpaired) electrons. The lowest BCUT2D eigenvalue weighted by atomic mass is 10.2. The molecule has 0 saturated carbocycles. The number of ether oxygens (including phenoxy) is 1. The first kappa shape index (κ1) is 22.9. The van der Waals surface area contributed by atoms with Gasteiger partial charge in [-0.05, 0) is 63.4 Å². The van der Waals surface area contributed by atoms with E-state index < -0.39 is 0 Å². The number of carbonyl (C=O) groups is 1. The average Bonchev–Trinajstić information content (AvgIpc) is 2.87. The quantitative estimate of drug-likeness (QED) is 0.560. The number of aromatic nitrogens is 2. The van der Waals surface area contributed by atoms with Crippen LogP contribution in [0.25, 0.3) is 0 Å². The number of aryl methyl sites for hydroxylation is 1. The maximum absolute atomic E-state index is 12.2. The number of likely N-dealkylation sites (N-methyl/N-ethyl adjacent to an activating group) is 2. The number of piperazine rings is 1. The Bertz CT molecular complexity index is 1210. The van der Waals surface area contributed by atoms with Gasteiger partial charge in [-0.3, -0.25) is 4.79 Å². The molecule has 1 aromatic heterocycles. The Morgan fingerprint density at radius 3 is 2.49 bits per heavy atom. The van der Waals surface area contributed by atoms with Gasteiger partial charge in [-0.1, -0.05) is 0 Å². The normalized spacial score (nSPS) is 16.0. The van der Waals surface area contributed by atoms with Crippen LogP contribution in [0.3, 0.4) is 0 Å². The molecule has 35 heavy (non-hydrogen) atoms. The molecule has 0 unspecified atom stereocenters. The lowest BCUT2D eigenvalue weighted by Gasteiger charge is -2.34. The number of carbonyl (C=O) groups excluding carboxylic acids is 1. The van der Waals surface area contributed by atoms with E-state index >= 15 is 0 Å². The van der Waals surface area contributed by atoms with E-state index in [0.29, 0.717) is 24.1 Å². The number of amides is 1. The number of nitrogens with one attached hydrogen (secondary N) is 2. The Labute approximate surface area is 205 Å². The highest BCUT2D eigenvalue weighted by molar-refractivity contribution is 5.98. The summed E-state index contributed by atoms with van der Waals surface area (Å²) in [5.74, 6) is 1.87. The van der Waals surface area contributed by atoms with Crippen LogP contribution in [0.4, 0.5) is 34.5 Å². The molecule has 2 aromatic carbocycles. The second-order valence-electron chi connectivity index (χ2n) is 8.92. The van der Waals surface area contributed by atoms with Crippen LogP contribution in [0.5, 0.6) is 5.75 Å². The number of nitrogens with zero attached hydrogens (tertiary/aromatic N) is 5. The number of hydrogen-bond acceptors (Lipinski definition) is 8. The number of benzene rings is 2. The maximum Gasteiger partial charge on any atom is 0.265 e. The van der Waals surface area contributed by atoms with Gasteiger partial charge in [-0.15, -0.1) is 0 Å². The van der Waals surface area contributed by atoms with Crippen molar-refractivity contribution >= 4 is 40.4 Å². The summed E-state index contributed by atoms with van der Waals surface area (Å²) < 4.78 is 5.57. The minimum absolute atomic E-state index is 0.0412. The van der Waals surface area contributed by atoms with Crippen LogP contribution < -0.4 is 25.2 Å². The Kier molecular flexibility index (Phi) is 6.41. The molecule has 5 rings (SSSR count). The number of hydrogen-bond donors (Lipinski definition) is 2. The number of fused-ring (bicyclic) bond motifs is 1. The van der Waals surface area contributed by atoms with E-state index in [1.165, 1.54) is 5.69 Å². The van der Waals surface area contributed by atoms with Crippen molar-refractivity contribution in [3.05, 3.63) is 54.2 Å². The molecule has 2 aliphatic heterocycles. The zero-order valence-corrected chi connectivity index (χ0v) is 20.4. The molecule has 0 aliphatic carbocycles. The van der Waals surface area contributed by atoms with Crippen LogP contribution in [-0.2, 0) is 4.79 Å². The van der Waals surface area contributed by atoms with E-state index in [1.807, 2.05) is 32.0 Å². The Hall–Kier alpha value is -3.85. The molecule has 1 saturated heterocycles. The van der Waals surface area contributed by atoms with Crippen molar-refractivity contribution < 1.29 is 9.53 Å². The molecule has 2 aliphatic rings. The summed E-state index contributed by atoms with van der Waals surface area (Å²) in [5, 5.41) is 6.67. The van der Waals surface area contributed by atoms with Crippen molar-refractivity contribution in [1.82, 2.24) is 14.9 Å². The molecule has 9 nitrogen and oxygen atoms in total. The highest BCUT2D eigenvalue weighted by Crippen LogP contribution is 2.35. The van der Waals surface area contributed by atoms with E-state index in [-0.39, 0.29) is 12.5 Å². The van der Waals surface area contributed by atoms with E-state index in [2.05, 4.69) is 61.7 Å². The van der Waals surface area contributed by atoms with Gasteiger partial charge in [0.2, 0.25) is 5.95 Å². The summed E-state index contributed by atoms with van der Waals surface area (Å²) in [6, 6.07) is 14.1. The molecule has 1 fully saturated rings. The zero-order valence-electron chi connectivity index (χ0n) is 20.4. The molecule has 0 spiro atoms. The fourth-order valence-electron chi connectivity index (χ4n) is 4.34. The van der Waals surface area contributed by atoms with E-state index in [0.717, 1.165) is 48.8 Å². The fourth-order valence-corrected chi connectivity index (χ4v) is 4.34. The van der Waals surface area contributed by atoms with Crippen molar-refractivity contribution in [1.29, 1.82) is 0 Å². The molecular weight excluding hydrogens is 442 g/mol. The number of anilines is 6. The SMILES string of the molecule is CCN1C(=O)COc2ccc(Nc3nc(Nc4ccc(N5CCN(C)CC5)cc4)ncc3C)cc21. The summed E-state index contributed by atoms with van der Waals surface area (Å²) >= 11 is 0. The highest BCUT2D eigenvalue weighted by atomic mass is 16.5. The Morgan fingerprint density at radius 2 is 1.74 bits per heavy atom. The Balaban J connectivity index is 1.30. The predicted octanol–water partition coefficient (Wildman–Crippen LogP) is 3.77. The van der Waals surface area contributed by atoms with Crippen LogP contribution in [-0.4, -0.2) is 67.2 Å². The van der Waals surface area contributed by atoms with Crippen LogP contribution in [0, 0.1) is 6.92 Å². The van der Waals surface area contributed by atoms with Gasteiger partial charge in [0.1, 0.15) is 11.6 Å². The van der Waals surface area contributed by atoms with Crippen LogP contribution in [0.15, 0.2) is 48.7 Å². The first-order valence-electron chi connectivity index (χ1n) is 12.0. The topological polar surface area (TPSA) is 85.9 Å². The molecule has 0 bridgehead atoms. The molecule has 0 atom stereocenters. The van der Waals surface area contributed by atoms with Gasteiger partial charge in [0.15, 0.2) is 6.61 Å². The van der Waals surface area contributed by atoms with Crippen molar-refractivity contribution in [2.75, 3.05) is 66.8 Å². The predicted molar refractivity (Wildman–Crippen MR) is 139 cm³/mol. The summed E-state index contributed by atoms with van der Waals surface area (Å²) in [7, 11) is 2.16. The van der Waals surface area contributed by atoms with Crippen LogP contribution in [0.2, 0.25) is 0 Å². The minimum Gasteiger partial charge on any atom is -0.482 e.